The molecule has 1 aromatic rings. The fraction of sp³-hybridized carbons (Fsp3) is 0.250. The maximum atomic E-state index is 13.7. The van der Waals surface area contributed by atoms with E-state index in [2.05, 4.69) is 16.6 Å². The number of ether oxygens (including phenoxy) is 1. The van der Waals surface area contributed by atoms with Crippen LogP contribution in [0.5, 0.6) is 0 Å². The predicted molar refractivity (Wildman–Crippen MR) is 73.1 cm³/mol. The van der Waals surface area contributed by atoms with Gasteiger partial charge in [-0.25, -0.2) is 13.9 Å². The summed E-state index contributed by atoms with van der Waals surface area (Å²) in [6.45, 7) is 1.12. The van der Waals surface area contributed by atoms with Gasteiger partial charge in [0.2, 0.25) is 0 Å². The van der Waals surface area contributed by atoms with Gasteiger partial charge >= 0.3 is 16.3 Å². The molecule has 7 nitrogen and oxygen atoms in total. The Morgan fingerprint density at radius 2 is 2.19 bits per heavy atom. The molecule has 114 valence electrons. The summed E-state index contributed by atoms with van der Waals surface area (Å²) in [5.74, 6) is 3.91. The van der Waals surface area contributed by atoms with E-state index in [0.717, 1.165) is 12.1 Å². The summed E-state index contributed by atoms with van der Waals surface area (Å²) in [5.41, 5.74) is -0.0933. The first kappa shape index (κ1) is 16.7. The fourth-order valence-corrected chi connectivity index (χ4v) is 2.04. The lowest BCUT2D eigenvalue weighted by atomic mass is 10.2. The van der Waals surface area contributed by atoms with Crippen molar-refractivity contribution in [3.8, 4) is 11.8 Å². The number of benzene rings is 1. The maximum absolute atomic E-state index is 13.7. The number of hydrogen-bond donors (Lipinski definition) is 3. The van der Waals surface area contributed by atoms with Crippen LogP contribution in [0.1, 0.15) is 12.5 Å². The highest BCUT2D eigenvalue weighted by Gasteiger charge is 2.16. The minimum absolute atomic E-state index is 0.00601. The van der Waals surface area contributed by atoms with Crippen molar-refractivity contribution in [1.29, 1.82) is 0 Å². The molecule has 0 radical (unpaired) electrons. The average molecular weight is 316 g/mol. The second-order valence-corrected chi connectivity index (χ2v) is 5.00. The van der Waals surface area contributed by atoms with E-state index in [9.17, 15) is 17.6 Å². The highest BCUT2D eigenvalue weighted by molar-refractivity contribution is 7.91. The molecule has 0 aliphatic heterocycles. The smallest absolute Gasteiger partial charge is 0.422 e. The SMILES string of the molecule is CCOC(=O)NS(=O)(=O)Nc1ccc(C#CCO)cc1F. The molecule has 0 bridgehead atoms. The van der Waals surface area contributed by atoms with E-state index in [0.29, 0.717) is 0 Å². The summed E-state index contributed by atoms with van der Waals surface area (Å²) >= 11 is 0. The normalized spacial score (nSPS) is 10.2. The first-order chi connectivity index (χ1) is 9.88. The Morgan fingerprint density at radius 3 is 2.76 bits per heavy atom. The largest absolute Gasteiger partial charge is 0.449 e. The standard InChI is InChI=1S/C12H13FN2O5S/c1-2-20-12(17)15-21(18,19)14-11-6-5-9(4-3-7-16)8-10(11)13/h5-6,8,14,16H,2,7H2,1H3,(H,15,17). The minimum atomic E-state index is -4.30. The minimum Gasteiger partial charge on any atom is -0.449 e. The Labute approximate surface area is 121 Å². The quantitative estimate of drug-likeness (QED) is 0.705. The lowest BCUT2D eigenvalue weighted by Crippen LogP contribution is -2.35. The van der Waals surface area contributed by atoms with E-state index in [1.54, 1.807) is 4.72 Å². The first-order valence-corrected chi connectivity index (χ1v) is 7.23. The third-order valence-corrected chi connectivity index (χ3v) is 2.94. The van der Waals surface area contributed by atoms with Crippen molar-refractivity contribution in [1.82, 2.24) is 4.72 Å². The molecule has 1 amide bonds. The molecule has 0 unspecified atom stereocenters. The van der Waals surface area contributed by atoms with E-state index in [-0.39, 0.29) is 24.5 Å². The van der Waals surface area contributed by atoms with Gasteiger partial charge in [-0.2, -0.15) is 8.42 Å². The average Bonchev–Trinajstić information content (AvgIpc) is 2.38. The fourth-order valence-electron chi connectivity index (χ4n) is 1.26. The molecular weight excluding hydrogens is 303 g/mol. The number of carbonyl (C=O) groups excluding carboxylic acids is 1. The predicted octanol–water partition coefficient (Wildman–Crippen LogP) is 0.572. The van der Waals surface area contributed by atoms with Gasteiger partial charge in [-0.05, 0) is 25.1 Å². The highest BCUT2D eigenvalue weighted by Crippen LogP contribution is 2.16. The van der Waals surface area contributed by atoms with Crippen LogP contribution in [0.2, 0.25) is 0 Å². The van der Waals surface area contributed by atoms with E-state index in [4.69, 9.17) is 5.11 Å². The molecule has 0 aromatic heterocycles. The summed E-state index contributed by atoms with van der Waals surface area (Å²) in [6.07, 6.45) is -1.17. The lowest BCUT2D eigenvalue weighted by Gasteiger charge is -2.10. The van der Waals surface area contributed by atoms with Gasteiger partial charge in [0.25, 0.3) is 0 Å². The van der Waals surface area contributed by atoms with E-state index < -0.39 is 22.1 Å². The number of amides is 1. The molecule has 1 aromatic carbocycles. The summed E-state index contributed by atoms with van der Waals surface area (Å²) in [5, 5.41) is 8.52. The Kier molecular flexibility index (Phi) is 5.95. The van der Waals surface area contributed by atoms with Crippen LogP contribution >= 0.6 is 0 Å². The lowest BCUT2D eigenvalue weighted by molar-refractivity contribution is 0.159. The van der Waals surface area contributed by atoms with Crippen LogP contribution < -0.4 is 9.44 Å². The van der Waals surface area contributed by atoms with Crippen LogP contribution in [0.4, 0.5) is 14.9 Å². The number of carbonyl (C=O) groups is 1. The summed E-state index contributed by atoms with van der Waals surface area (Å²) < 4.78 is 44.6. The molecule has 0 aliphatic carbocycles. The summed E-state index contributed by atoms with van der Waals surface area (Å²) in [6, 6.07) is 3.49. The van der Waals surface area contributed by atoms with Crippen molar-refractivity contribution in [2.24, 2.45) is 0 Å². The molecule has 0 heterocycles. The Bertz CT molecular complexity index is 679. The Hall–Kier alpha value is -2.31. The van der Waals surface area contributed by atoms with Gasteiger partial charge in [0.15, 0.2) is 0 Å². The monoisotopic (exact) mass is 316 g/mol. The number of halogens is 1. The molecule has 0 fully saturated rings. The number of aliphatic hydroxyl groups is 1. The van der Waals surface area contributed by atoms with Crippen LogP contribution in [0.15, 0.2) is 18.2 Å². The van der Waals surface area contributed by atoms with Gasteiger partial charge in [-0.15, -0.1) is 0 Å². The van der Waals surface area contributed by atoms with Crippen LogP contribution in [0.3, 0.4) is 0 Å². The van der Waals surface area contributed by atoms with Crippen molar-refractivity contribution in [2.45, 2.75) is 6.92 Å². The van der Waals surface area contributed by atoms with Crippen molar-refractivity contribution < 1.29 is 27.4 Å². The van der Waals surface area contributed by atoms with E-state index in [1.807, 2.05) is 4.72 Å². The number of anilines is 1. The number of hydrogen-bond acceptors (Lipinski definition) is 5. The van der Waals surface area contributed by atoms with E-state index in [1.165, 1.54) is 13.0 Å². The maximum Gasteiger partial charge on any atom is 0.422 e. The van der Waals surface area contributed by atoms with Gasteiger partial charge in [0, 0.05) is 5.56 Å². The number of aliphatic hydroxyl groups excluding tert-OH is 1. The van der Waals surface area contributed by atoms with Gasteiger partial charge in [-0.1, -0.05) is 11.8 Å². The number of nitrogens with one attached hydrogen (secondary N) is 2. The molecule has 0 spiro atoms. The third kappa shape index (κ3) is 5.68. The molecule has 0 atom stereocenters. The van der Waals surface area contributed by atoms with Gasteiger partial charge in [-0.3, -0.25) is 4.72 Å². The van der Waals surface area contributed by atoms with Crippen molar-refractivity contribution in [3.63, 3.8) is 0 Å². The molecule has 21 heavy (non-hydrogen) atoms. The zero-order valence-electron chi connectivity index (χ0n) is 11.0. The molecule has 1 rings (SSSR count). The van der Waals surface area contributed by atoms with E-state index >= 15 is 0 Å². The van der Waals surface area contributed by atoms with Crippen molar-refractivity contribution in [3.05, 3.63) is 29.6 Å². The molecule has 0 aliphatic rings. The van der Waals surface area contributed by atoms with Gasteiger partial charge in [0.05, 0.1) is 12.3 Å². The zero-order chi connectivity index (χ0) is 15.9. The van der Waals surface area contributed by atoms with Crippen LogP contribution in [-0.4, -0.2) is 32.8 Å². The van der Waals surface area contributed by atoms with Gasteiger partial charge in [0.1, 0.15) is 12.4 Å². The second-order valence-electron chi connectivity index (χ2n) is 3.58. The highest BCUT2D eigenvalue weighted by atomic mass is 32.2. The third-order valence-electron chi connectivity index (χ3n) is 2.02. The molecule has 0 saturated heterocycles. The molecule has 0 saturated carbocycles. The summed E-state index contributed by atoms with van der Waals surface area (Å²) in [7, 11) is -4.30. The Balaban J connectivity index is 2.85. The summed E-state index contributed by atoms with van der Waals surface area (Å²) in [4.78, 5) is 11.0. The van der Waals surface area contributed by atoms with Crippen LogP contribution in [-0.2, 0) is 14.9 Å². The van der Waals surface area contributed by atoms with Crippen molar-refractivity contribution >= 4 is 22.0 Å². The second kappa shape index (κ2) is 7.47. The van der Waals surface area contributed by atoms with Crippen LogP contribution in [0, 0.1) is 17.7 Å². The van der Waals surface area contributed by atoms with Gasteiger partial charge < -0.3 is 9.84 Å². The molecule has 9 heteroatoms. The number of rotatable bonds is 4. The first-order valence-electron chi connectivity index (χ1n) is 5.74. The van der Waals surface area contributed by atoms with Crippen molar-refractivity contribution in [2.75, 3.05) is 17.9 Å². The topological polar surface area (TPSA) is 105 Å². The zero-order valence-corrected chi connectivity index (χ0v) is 11.8. The Morgan fingerprint density at radius 1 is 1.48 bits per heavy atom. The van der Waals surface area contributed by atoms with Crippen LogP contribution in [0.25, 0.3) is 0 Å². The molecule has 3 N–H and O–H groups in total. The molecular formula is C12H13FN2O5S.